The van der Waals surface area contributed by atoms with Gasteiger partial charge >= 0.3 is 0 Å². The molecule has 0 fully saturated rings. The van der Waals surface area contributed by atoms with Gasteiger partial charge in [0.1, 0.15) is 5.82 Å². The average Bonchev–Trinajstić information content (AvgIpc) is 2.24. The average molecular weight is 265 g/mol. The SMILES string of the molecule is NCCCC[C@@H](N)c1c(Cl)ccc(Cl)c1F. The fourth-order valence-corrected chi connectivity index (χ4v) is 1.99. The first kappa shape index (κ1) is 13.7. The van der Waals surface area contributed by atoms with Crippen LogP contribution in [0.5, 0.6) is 0 Å². The Morgan fingerprint density at radius 3 is 2.44 bits per heavy atom. The van der Waals surface area contributed by atoms with Crippen molar-refractivity contribution >= 4 is 23.2 Å². The highest BCUT2D eigenvalue weighted by Gasteiger charge is 2.17. The summed E-state index contributed by atoms with van der Waals surface area (Å²) < 4.78 is 13.7. The molecule has 0 aromatic heterocycles. The number of rotatable bonds is 5. The summed E-state index contributed by atoms with van der Waals surface area (Å²) in [6.07, 6.45) is 2.36. The van der Waals surface area contributed by atoms with Gasteiger partial charge < -0.3 is 11.5 Å². The van der Waals surface area contributed by atoms with Crippen LogP contribution in [0.25, 0.3) is 0 Å². The van der Waals surface area contributed by atoms with Gasteiger partial charge in [-0.05, 0) is 31.5 Å². The lowest BCUT2D eigenvalue weighted by atomic mass is 10.0. The molecule has 0 heterocycles. The third-order valence-electron chi connectivity index (χ3n) is 2.42. The van der Waals surface area contributed by atoms with Crippen molar-refractivity contribution in [3.63, 3.8) is 0 Å². The van der Waals surface area contributed by atoms with Crippen LogP contribution in [0, 0.1) is 5.82 Å². The summed E-state index contributed by atoms with van der Waals surface area (Å²) in [5.41, 5.74) is 11.6. The van der Waals surface area contributed by atoms with Gasteiger partial charge in [-0.1, -0.05) is 29.6 Å². The van der Waals surface area contributed by atoms with E-state index >= 15 is 0 Å². The molecule has 1 aromatic rings. The number of hydrogen-bond acceptors (Lipinski definition) is 2. The number of halogens is 3. The second kappa shape index (κ2) is 6.40. The van der Waals surface area contributed by atoms with Crippen LogP contribution < -0.4 is 11.5 Å². The van der Waals surface area contributed by atoms with Crippen molar-refractivity contribution in [3.05, 3.63) is 33.6 Å². The molecule has 1 aromatic carbocycles. The quantitative estimate of drug-likeness (QED) is 0.634. The summed E-state index contributed by atoms with van der Waals surface area (Å²) in [7, 11) is 0. The normalized spacial score (nSPS) is 12.8. The highest BCUT2D eigenvalue weighted by Crippen LogP contribution is 2.31. The van der Waals surface area contributed by atoms with Gasteiger partial charge in [-0.2, -0.15) is 0 Å². The Kier molecular flexibility index (Phi) is 5.49. The molecule has 1 rings (SSSR count). The number of hydrogen-bond donors (Lipinski definition) is 2. The van der Waals surface area contributed by atoms with Crippen molar-refractivity contribution in [1.29, 1.82) is 0 Å². The van der Waals surface area contributed by atoms with Crippen molar-refractivity contribution < 1.29 is 4.39 Å². The molecule has 0 saturated carbocycles. The minimum atomic E-state index is -0.519. The van der Waals surface area contributed by atoms with E-state index in [1.807, 2.05) is 0 Å². The molecule has 1 atom stereocenters. The van der Waals surface area contributed by atoms with Crippen LogP contribution in [0.1, 0.15) is 30.9 Å². The topological polar surface area (TPSA) is 52.0 Å². The summed E-state index contributed by atoms with van der Waals surface area (Å²) in [6, 6.07) is 2.55. The Hall–Kier alpha value is -0.350. The fourth-order valence-electron chi connectivity index (χ4n) is 1.54. The zero-order valence-corrected chi connectivity index (χ0v) is 10.4. The van der Waals surface area contributed by atoms with Crippen molar-refractivity contribution in [2.45, 2.75) is 25.3 Å². The maximum Gasteiger partial charge on any atom is 0.148 e. The maximum absolute atomic E-state index is 13.7. The first-order chi connectivity index (χ1) is 7.57. The van der Waals surface area contributed by atoms with Crippen LogP contribution in [0.3, 0.4) is 0 Å². The highest BCUT2D eigenvalue weighted by molar-refractivity contribution is 6.33. The van der Waals surface area contributed by atoms with Gasteiger partial charge in [-0.3, -0.25) is 0 Å². The lowest BCUT2D eigenvalue weighted by molar-refractivity contribution is 0.543. The largest absolute Gasteiger partial charge is 0.330 e. The molecule has 0 spiro atoms. The van der Waals surface area contributed by atoms with Crippen LogP contribution in [0.4, 0.5) is 4.39 Å². The Morgan fingerprint density at radius 1 is 1.19 bits per heavy atom. The van der Waals surface area contributed by atoms with Gasteiger partial charge in [0.2, 0.25) is 0 Å². The minimum Gasteiger partial charge on any atom is -0.330 e. The van der Waals surface area contributed by atoms with Crippen molar-refractivity contribution in [2.75, 3.05) is 6.54 Å². The molecule has 0 radical (unpaired) electrons. The molecule has 16 heavy (non-hydrogen) atoms. The van der Waals surface area contributed by atoms with Crippen LogP contribution in [-0.4, -0.2) is 6.54 Å². The predicted octanol–water partition coefficient (Wildman–Crippen LogP) is 3.26. The van der Waals surface area contributed by atoms with E-state index in [4.69, 9.17) is 34.7 Å². The third-order valence-corrected chi connectivity index (χ3v) is 3.04. The highest BCUT2D eigenvalue weighted by atomic mass is 35.5. The Balaban J connectivity index is 2.81. The molecule has 0 aliphatic carbocycles. The molecule has 0 unspecified atom stereocenters. The molecular weight excluding hydrogens is 250 g/mol. The molecule has 0 aliphatic rings. The molecule has 2 nitrogen and oxygen atoms in total. The van der Waals surface area contributed by atoms with Crippen molar-refractivity contribution in [3.8, 4) is 0 Å². The van der Waals surface area contributed by atoms with E-state index in [1.165, 1.54) is 6.07 Å². The molecule has 0 aliphatic heterocycles. The maximum atomic E-state index is 13.7. The Bertz CT molecular complexity index is 358. The van der Waals surface area contributed by atoms with E-state index in [0.717, 1.165) is 12.8 Å². The first-order valence-electron chi connectivity index (χ1n) is 5.17. The van der Waals surface area contributed by atoms with Crippen LogP contribution in [-0.2, 0) is 0 Å². The third kappa shape index (κ3) is 3.32. The smallest absolute Gasteiger partial charge is 0.148 e. The standard InChI is InChI=1S/C11H15Cl2FN2/c12-7-4-5-8(13)11(14)10(7)9(16)3-1-2-6-15/h4-5,9H,1-3,6,15-16H2/t9-/m1/s1. The Labute approximate surface area is 105 Å². The van der Waals surface area contributed by atoms with E-state index in [0.29, 0.717) is 23.6 Å². The predicted molar refractivity (Wildman–Crippen MR) is 66.3 cm³/mol. The van der Waals surface area contributed by atoms with E-state index in [2.05, 4.69) is 0 Å². The molecular formula is C11H15Cl2FN2. The first-order valence-corrected chi connectivity index (χ1v) is 5.92. The zero-order valence-electron chi connectivity index (χ0n) is 8.85. The molecule has 5 heteroatoms. The number of nitrogens with two attached hydrogens (primary N) is 2. The van der Waals surface area contributed by atoms with Crippen LogP contribution in [0.2, 0.25) is 10.0 Å². The summed E-state index contributed by atoms with van der Waals surface area (Å²) in [6.45, 7) is 0.610. The van der Waals surface area contributed by atoms with Gasteiger partial charge in [-0.25, -0.2) is 4.39 Å². The number of unbranched alkanes of at least 4 members (excludes halogenated alkanes) is 1. The van der Waals surface area contributed by atoms with E-state index in [1.54, 1.807) is 6.07 Å². The molecule has 0 amide bonds. The lowest BCUT2D eigenvalue weighted by Gasteiger charge is -2.15. The number of benzene rings is 1. The molecule has 0 bridgehead atoms. The second-order valence-corrected chi connectivity index (χ2v) is 4.46. The summed E-state index contributed by atoms with van der Waals surface area (Å²) in [4.78, 5) is 0. The van der Waals surface area contributed by atoms with Crippen molar-refractivity contribution in [1.82, 2.24) is 0 Å². The summed E-state index contributed by atoms with van der Waals surface area (Å²) in [5.74, 6) is -0.519. The second-order valence-electron chi connectivity index (χ2n) is 3.65. The van der Waals surface area contributed by atoms with Gasteiger partial charge in [0.15, 0.2) is 0 Å². The molecule has 90 valence electrons. The van der Waals surface area contributed by atoms with E-state index < -0.39 is 11.9 Å². The van der Waals surface area contributed by atoms with Crippen LogP contribution in [0.15, 0.2) is 12.1 Å². The minimum absolute atomic E-state index is 0.0497. The fraction of sp³-hybridized carbons (Fsp3) is 0.455. The summed E-state index contributed by atoms with van der Waals surface area (Å²) >= 11 is 11.6. The monoisotopic (exact) mass is 264 g/mol. The summed E-state index contributed by atoms with van der Waals surface area (Å²) in [5, 5.41) is 0.371. The van der Waals surface area contributed by atoms with Gasteiger partial charge in [0.05, 0.1) is 5.02 Å². The Morgan fingerprint density at radius 2 is 1.81 bits per heavy atom. The van der Waals surface area contributed by atoms with Gasteiger partial charge in [0.25, 0.3) is 0 Å². The zero-order chi connectivity index (χ0) is 12.1. The molecule has 4 N–H and O–H groups in total. The van der Waals surface area contributed by atoms with Crippen molar-refractivity contribution in [2.24, 2.45) is 11.5 Å². The van der Waals surface area contributed by atoms with E-state index in [-0.39, 0.29) is 5.02 Å². The lowest BCUT2D eigenvalue weighted by Crippen LogP contribution is -2.13. The van der Waals surface area contributed by atoms with Crippen LogP contribution >= 0.6 is 23.2 Å². The molecule has 0 saturated heterocycles. The van der Waals surface area contributed by atoms with Gasteiger partial charge in [0, 0.05) is 16.6 Å². The van der Waals surface area contributed by atoms with Gasteiger partial charge in [-0.15, -0.1) is 0 Å². The van der Waals surface area contributed by atoms with E-state index in [9.17, 15) is 4.39 Å².